The smallest absolute Gasteiger partial charge is 0.263 e. The number of benzene rings is 1. The lowest BCUT2D eigenvalue weighted by atomic mass is 10.2. The molecule has 1 aliphatic rings. The van der Waals surface area contributed by atoms with Crippen LogP contribution < -0.4 is 4.74 Å². The molecule has 1 heterocycles. The van der Waals surface area contributed by atoms with E-state index in [1.54, 1.807) is 36.1 Å². The predicted octanol–water partition coefficient (Wildman–Crippen LogP) is 0.545. The highest BCUT2D eigenvalue weighted by Gasteiger charge is 2.30. The third kappa shape index (κ3) is 3.51. The van der Waals surface area contributed by atoms with Gasteiger partial charge in [0, 0.05) is 6.54 Å². The molecule has 0 spiro atoms. The molecule has 0 radical (unpaired) electrons. The Labute approximate surface area is 123 Å². The number of aliphatic hydroxyl groups excluding tert-OH is 1. The van der Waals surface area contributed by atoms with E-state index in [0.717, 1.165) is 0 Å². The van der Waals surface area contributed by atoms with E-state index in [-0.39, 0.29) is 18.6 Å². The number of aliphatic hydroxyl groups is 1. The van der Waals surface area contributed by atoms with E-state index in [4.69, 9.17) is 14.7 Å². The van der Waals surface area contributed by atoms with Gasteiger partial charge in [-0.3, -0.25) is 4.79 Å². The van der Waals surface area contributed by atoms with Crippen LogP contribution >= 0.6 is 0 Å². The van der Waals surface area contributed by atoms with Gasteiger partial charge in [-0.15, -0.1) is 0 Å². The number of carbonyl (C=O) groups excluding carboxylic acids is 1. The van der Waals surface area contributed by atoms with E-state index in [1.807, 2.05) is 6.07 Å². The topological polar surface area (TPSA) is 82.8 Å². The van der Waals surface area contributed by atoms with Crippen LogP contribution in [-0.4, -0.2) is 54.4 Å². The number of rotatable bonds is 4. The van der Waals surface area contributed by atoms with E-state index in [0.29, 0.717) is 31.1 Å². The number of nitrogens with zero attached hydrogens (tertiary/aromatic N) is 2. The zero-order valence-corrected chi connectivity index (χ0v) is 11.9. The molecule has 1 fully saturated rings. The zero-order valence-electron chi connectivity index (χ0n) is 11.9. The number of carbonyl (C=O) groups is 1. The maximum atomic E-state index is 12.4. The first-order chi connectivity index (χ1) is 10.2. The van der Waals surface area contributed by atoms with Gasteiger partial charge in [0.25, 0.3) is 5.91 Å². The molecule has 0 aromatic heterocycles. The Morgan fingerprint density at radius 3 is 3.10 bits per heavy atom. The summed E-state index contributed by atoms with van der Waals surface area (Å²) in [5, 5.41) is 18.3. The molecule has 1 amide bonds. The third-order valence-electron chi connectivity index (χ3n) is 3.38. The highest BCUT2D eigenvalue weighted by molar-refractivity contribution is 5.81. The van der Waals surface area contributed by atoms with Gasteiger partial charge in [-0.2, -0.15) is 5.26 Å². The molecule has 6 heteroatoms. The monoisotopic (exact) mass is 290 g/mol. The van der Waals surface area contributed by atoms with Gasteiger partial charge in [-0.1, -0.05) is 12.1 Å². The Balaban J connectivity index is 2.07. The third-order valence-corrected chi connectivity index (χ3v) is 3.38. The van der Waals surface area contributed by atoms with Crippen molar-refractivity contribution < 1.29 is 19.4 Å². The van der Waals surface area contributed by atoms with Crippen molar-refractivity contribution in [2.24, 2.45) is 0 Å². The average Bonchev–Trinajstić information content (AvgIpc) is 2.54. The van der Waals surface area contributed by atoms with Crippen LogP contribution in [0.25, 0.3) is 0 Å². The van der Waals surface area contributed by atoms with Crippen LogP contribution in [0.2, 0.25) is 0 Å². The number of para-hydroxylation sites is 1. The van der Waals surface area contributed by atoms with Crippen LogP contribution in [0.5, 0.6) is 5.75 Å². The van der Waals surface area contributed by atoms with Gasteiger partial charge in [0.1, 0.15) is 11.8 Å². The van der Waals surface area contributed by atoms with Crippen LogP contribution in [0.1, 0.15) is 12.5 Å². The minimum absolute atomic E-state index is 0.146. The van der Waals surface area contributed by atoms with Crippen molar-refractivity contribution in [3.05, 3.63) is 29.8 Å². The Morgan fingerprint density at radius 2 is 2.38 bits per heavy atom. The zero-order chi connectivity index (χ0) is 15.2. The lowest BCUT2D eigenvalue weighted by molar-refractivity contribution is -0.148. The Hall–Kier alpha value is -2.10. The molecule has 2 atom stereocenters. The number of hydrogen-bond donors (Lipinski definition) is 1. The van der Waals surface area contributed by atoms with E-state index >= 15 is 0 Å². The minimum atomic E-state index is -0.730. The fourth-order valence-corrected chi connectivity index (χ4v) is 2.23. The summed E-state index contributed by atoms with van der Waals surface area (Å²) in [6, 6.07) is 8.47. The lowest BCUT2D eigenvalue weighted by Gasteiger charge is -2.36. The highest BCUT2D eigenvalue weighted by Crippen LogP contribution is 2.19. The molecule has 2 rings (SSSR count). The second kappa shape index (κ2) is 7.07. The molecule has 1 saturated heterocycles. The molecule has 1 aliphatic heterocycles. The van der Waals surface area contributed by atoms with Crippen molar-refractivity contribution in [1.82, 2.24) is 4.90 Å². The number of ether oxygens (including phenoxy) is 2. The summed E-state index contributed by atoms with van der Waals surface area (Å²) in [7, 11) is 0. The van der Waals surface area contributed by atoms with Gasteiger partial charge >= 0.3 is 0 Å². The van der Waals surface area contributed by atoms with Crippen LogP contribution in [0.3, 0.4) is 0 Å². The Bertz CT molecular complexity index is 541. The number of amides is 1. The van der Waals surface area contributed by atoms with Crippen molar-refractivity contribution >= 4 is 5.91 Å². The van der Waals surface area contributed by atoms with Crippen LogP contribution in [-0.2, 0) is 9.53 Å². The maximum absolute atomic E-state index is 12.4. The van der Waals surface area contributed by atoms with E-state index in [1.165, 1.54) is 0 Å². The standard InChI is InChI=1S/C15H18N2O4/c1-11(21-14-5-3-2-4-12(14)8-16)15(19)17-6-7-20-10-13(17)9-18/h2-5,11,13,18H,6-7,9-10H2,1H3. The molecule has 0 bridgehead atoms. The fourth-order valence-electron chi connectivity index (χ4n) is 2.23. The summed E-state index contributed by atoms with van der Waals surface area (Å²) in [6.07, 6.45) is -0.730. The highest BCUT2D eigenvalue weighted by atomic mass is 16.5. The Morgan fingerprint density at radius 1 is 1.62 bits per heavy atom. The number of morpholine rings is 1. The summed E-state index contributed by atoms with van der Waals surface area (Å²) in [6.45, 7) is 2.69. The molecule has 6 nitrogen and oxygen atoms in total. The second-order valence-electron chi connectivity index (χ2n) is 4.81. The Kier molecular flexibility index (Phi) is 5.14. The molecule has 1 aromatic carbocycles. The summed E-state index contributed by atoms with van der Waals surface area (Å²) in [5.41, 5.74) is 0.387. The van der Waals surface area contributed by atoms with Gasteiger partial charge in [0.15, 0.2) is 6.10 Å². The molecular weight excluding hydrogens is 272 g/mol. The SMILES string of the molecule is CC(Oc1ccccc1C#N)C(=O)N1CCOCC1CO. The first-order valence-electron chi connectivity index (χ1n) is 6.82. The normalized spacial score (nSPS) is 19.7. The minimum Gasteiger partial charge on any atom is -0.480 e. The summed E-state index contributed by atoms with van der Waals surface area (Å²) < 4.78 is 10.9. The molecule has 0 saturated carbocycles. The van der Waals surface area contributed by atoms with Gasteiger partial charge in [-0.05, 0) is 19.1 Å². The summed E-state index contributed by atoms with van der Waals surface area (Å²) >= 11 is 0. The van der Waals surface area contributed by atoms with Crippen LogP contribution in [0, 0.1) is 11.3 Å². The molecule has 21 heavy (non-hydrogen) atoms. The summed E-state index contributed by atoms with van der Waals surface area (Å²) in [5.74, 6) is 0.166. The van der Waals surface area contributed by atoms with Crippen molar-refractivity contribution in [2.45, 2.75) is 19.1 Å². The molecular formula is C15H18N2O4. The molecule has 112 valence electrons. The molecule has 0 aliphatic carbocycles. The van der Waals surface area contributed by atoms with E-state index in [9.17, 15) is 9.90 Å². The van der Waals surface area contributed by atoms with Gasteiger partial charge in [-0.25, -0.2) is 0 Å². The van der Waals surface area contributed by atoms with Gasteiger partial charge < -0.3 is 19.5 Å². The second-order valence-corrected chi connectivity index (χ2v) is 4.81. The lowest BCUT2D eigenvalue weighted by Crippen LogP contribution is -2.54. The molecule has 2 unspecified atom stereocenters. The summed E-state index contributed by atoms with van der Waals surface area (Å²) in [4.78, 5) is 14.0. The average molecular weight is 290 g/mol. The predicted molar refractivity (Wildman–Crippen MR) is 74.7 cm³/mol. The van der Waals surface area contributed by atoms with E-state index < -0.39 is 6.10 Å². The number of hydrogen-bond acceptors (Lipinski definition) is 5. The van der Waals surface area contributed by atoms with Crippen molar-refractivity contribution in [2.75, 3.05) is 26.4 Å². The number of nitriles is 1. The van der Waals surface area contributed by atoms with Gasteiger partial charge in [0.2, 0.25) is 0 Å². The van der Waals surface area contributed by atoms with Crippen molar-refractivity contribution in [3.8, 4) is 11.8 Å². The van der Waals surface area contributed by atoms with Crippen molar-refractivity contribution in [3.63, 3.8) is 0 Å². The van der Waals surface area contributed by atoms with E-state index in [2.05, 4.69) is 0 Å². The first kappa shape index (κ1) is 15.3. The van der Waals surface area contributed by atoms with Crippen molar-refractivity contribution in [1.29, 1.82) is 5.26 Å². The molecule has 1 N–H and O–H groups in total. The van der Waals surface area contributed by atoms with Crippen LogP contribution in [0.15, 0.2) is 24.3 Å². The molecule has 1 aromatic rings. The first-order valence-corrected chi connectivity index (χ1v) is 6.82. The largest absolute Gasteiger partial charge is 0.480 e. The quantitative estimate of drug-likeness (QED) is 0.875. The van der Waals surface area contributed by atoms with Crippen LogP contribution in [0.4, 0.5) is 0 Å². The van der Waals surface area contributed by atoms with Gasteiger partial charge in [0.05, 0.1) is 31.4 Å². The fraction of sp³-hybridized carbons (Fsp3) is 0.467. The maximum Gasteiger partial charge on any atom is 0.263 e.